The third-order valence-electron chi connectivity index (χ3n) is 4.67. The van der Waals surface area contributed by atoms with Gasteiger partial charge in [0, 0.05) is 23.4 Å². The Hall–Kier alpha value is -2.65. The van der Waals surface area contributed by atoms with Crippen molar-refractivity contribution in [3.8, 4) is 17.0 Å². The number of allylic oxidation sites excluding steroid dienone is 1. The summed E-state index contributed by atoms with van der Waals surface area (Å²) in [6.45, 7) is 11.2. The molecule has 0 aliphatic heterocycles. The van der Waals surface area contributed by atoms with E-state index in [4.69, 9.17) is 4.74 Å². The fourth-order valence-electron chi connectivity index (χ4n) is 3.14. The van der Waals surface area contributed by atoms with Gasteiger partial charge in [0.25, 0.3) is 0 Å². The number of thioether (sulfide) groups is 1. The number of ether oxygens (including phenoxy) is 1. The number of carbonyl (C=O) groups excluding carboxylic acids is 1. The van der Waals surface area contributed by atoms with Crippen molar-refractivity contribution < 1.29 is 9.53 Å². The van der Waals surface area contributed by atoms with Gasteiger partial charge in [0.05, 0.1) is 18.1 Å². The maximum Gasteiger partial charge on any atom is 0.236 e. The number of carbonyl (C=O) groups is 1. The van der Waals surface area contributed by atoms with E-state index in [0.717, 1.165) is 52.1 Å². The van der Waals surface area contributed by atoms with Gasteiger partial charge in [-0.05, 0) is 44.5 Å². The van der Waals surface area contributed by atoms with Crippen LogP contribution < -0.4 is 10.1 Å². The normalized spacial score (nSPS) is 10.8. The number of unbranched alkanes of at least 4 members (excludes halogenated alkanes) is 1. The predicted molar refractivity (Wildman–Crippen MR) is 132 cm³/mol. The molecule has 0 radical (unpaired) electrons. The largest absolute Gasteiger partial charge is 0.494 e. The molecule has 3 aromatic rings. The first kappa shape index (κ1) is 24.0. The van der Waals surface area contributed by atoms with E-state index in [9.17, 15) is 4.79 Å². The van der Waals surface area contributed by atoms with E-state index >= 15 is 0 Å². The monoisotopic (exact) mass is 471 g/mol. The molecule has 0 atom stereocenters. The number of thiazole rings is 1. The maximum absolute atomic E-state index is 12.5. The number of hydrogen-bond acceptors (Lipinski definition) is 7. The van der Waals surface area contributed by atoms with Crippen LogP contribution in [-0.4, -0.2) is 38.0 Å². The van der Waals surface area contributed by atoms with Crippen molar-refractivity contribution in [2.45, 2.75) is 51.7 Å². The molecule has 2 heterocycles. The van der Waals surface area contributed by atoms with E-state index in [-0.39, 0.29) is 11.7 Å². The first-order valence-corrected chi connectivity index (χ1v) is 12.5. The van der Waals surface area contributed by atoms with Gasteiger partial charge >= 0.3 is 0 Å². The van der Waals surface area contributed by atoms with Crippen LogP contribution in [0.4, 0.5) is 5.13 Å². The fourth-order valence-corrected chi connectivity index (χ4v) is 4.76. The van der Waals surface area contributed by atoms with Crippen molar-refractivity contribution >= 4 is 34.1 Å². The van der Waals surface area contributed by atoms with Crippen LogP contribution in [0.25, 0.3) is 11.3 Å². The number of amides is 1. The molecular formula is C23H29N5O2S2. The first-order valence-electron chi connectivity index (χ1n) is 10.7. The number of benzene rings is 1. The predicted octanol–water partition coefficient (Wildman–Crippen LogP) is 5.37. The Labute approximate surface area is 197 Å². The van der Waals surface area contributed by atoms with Crippen molar-refractivity contribution in [3.05, 3.63) is 47.6 Å². The molecule has 1 amide bonds. The van der Waals surface area contributed by atoms with Crippen molar-refractivity contribution in [2.75, 3.05) is 17.7 Å². The summed E-state index contributed by atoms with van der Waals surface area (Å²) in [5.74, 6) is 1.88. The minimum atomic E-state index is -0.120. The third kappa shape index (κ3) is 6.20. The van der Waals surface area contributed by atoms with E-state index in [0.29, 0.717) is 18.3 Å². The van der Waals surface area contributed by atoms with Crippen LogP contribution in [0.2, 0.25) is 0 Å². The minimum absolute atomic E-state index is 0.120. The Kier molecular flexibility index (Phi) is 8.87. The molecule has 0 saturated carbocycles. The summed E-state index contributed by atoms with van der Waals surface area (Å²) in [4.78, 5) is 18.2. The second-order valence-electron chi connectivity index (χ2n) is 7.12. The van der Waals surface area contributed by atoms with Crippen molar-refractivity contribution in [1.29, 1.82) is 0 Å². The van der Waals surface area contributed by atoms with Crippen LogP contribution in [-0.2, 0) is 17.8 Å². The zero-order chi connectivity index (χ0) is 22.9. The molecule has 3 rings (SSSR count). The molecule has 9 heteroatoms. The topological polar surface area (TPSA) is 81.9 Å². The van der Waals surface area contributed by atoms with Crippen molar-refractivity contribution in [3.63, 3.8) is 0 Å². The Morgan fingerprint density at radius 2 is 2.06 bits per heavy atom. The number of nitrogens with zero attached hydrogens (tertiary/aromatic N) is 4. The van der Waals surface area contributed by atoms with Crippen LogP contribution in [0.5, 0.6) is 5.75 Å². The number of aromatic nitrogens is 4. The van der Waals surface area contributed by atoms with Gasteiger partial charge in [-0.25, -0.2) is 4.98 Å². The van der Waals surface area contributed by atoms with Gasteiger partial charge < -0.3 is 14.6 Å². The lowest BCUT2D eigenvalue weighted by molar-refractivity contribution is -0.113. The Bertz CT molecular complexity index is 1040. The van der Waals surface area contributed by atoms with E-state index < -0.39 is 0 Å². The number of aryl methyl sites for hydroxylation is 2. The lowest BCUT2D eigenvalue weighted by atomic mass is 10.1. The van der Waals surface area contributed by atoms with Gasteiger partial charge in [0.15, 0.2) is 10.3 Å². The van der Waals surface area contributed by atoms with Gasteiger partial charge in [-0.15, -0.1) is 28.1 Å². The molecule has 1 aromatic carbocycles. The highest BCUT2D eigenvalue weighted by atomic mass is 32.2. The highest BCUT2D eigenvalue weighted by Gasteiger charge is 2.15. The maximum atomic E-state index is 12.5. The van der Waals surface area contributed by atoms with E-state index in [2.05, 4.69) is 34.0 Å². The summed E-state index contributed by atoms with van der Waals surface area (Å²) < 4.78 is 7.52. The SMILES string of the molecule is C=CCn1c(CCCC)nnc1SCC(=O)Nc1nc(-c2ccc(OCC)cc2)c(C)s1. The van der Waals surface area contributed by atoms with Crippen LogP contribution in [0, 0.1) is 6.92 Å². The van der Waals surface area contributed by atoms with Crippen LogP contribution in [0.1, 0.15) is 37.4 Å². The molecule has 170 valence electrons. The molecule has 0 spiro atoms. The van der Waals surface area contributed by atoms with Crippen molar-refractivity contribution in [1.82, 2.24) is 19.7 Å². The molecule has 0 bridgehead atoms. The summed E-state index contributed by atoms with van der Waals surface area (Å²) in [6, 6.07) is 7.83. The van der Waals surface area contributed by atoms with Crippen LogP contribution >= 0.6 is 23.1 Å². The average molecular weight is 472 g/mol. The zero-order valence-corrected chi connectivity index (χ0v) is 20.4. The fraction of sp³-hybridized carbons (Fsp3) is 0.391. The molecule has 1 N–H and O–H groups in total. The van der Waals surface area contributed by atoms with Crippen molar-refractivity contribution in [2.24, 2.45) is 0 Å². The van der Waals surface area contributed by atoms with Gasteiger partial charge in [0.2, 0.25) is 5.91 Å². The van der Waals surface area contributed by atoms with Gasteiger partial charge in [0.1, 0.15) is 11.6 Å². The highest BCUT2D eigenvalue weighted by Crippen LogP contribution is 2.31. The van der Waals surface area contributed by atoms with E-state index in [1.165, 1.54) is 23.1 Å². The second kappa shape index (κ2) is 11.8. The zero-order valence-electron chi connectivity index (χ0n) is 18.8. The number of rotatable bonds is 12. The number of nitrogens with one attached hydrogen (secondary N) is 1. The van der Waals surface area contributed by atoms with Crippen LogP contribution in [0.15, 0.2) is 42.1 Å². The number of hydrogen-bond donors (Lipinski definition) is 1. The molecule has 2 aromatic heterocycles. The minimum Gasteiger partial charge on any atom is -0.494 e. The molecule has 7 nitrogen and oxygen atoms in total. The number of anilines is 1. The standard InChI is InChI=1S/C23H29N5O2S2/c1-5-8-9-19-26-27-23(28(19)14-6-2)31-15-20(29)24-22-25-21(16(4)32-22)17-10-12-18(13-11-17)30-7-3/h6,10-13H,2,5,7-9,14-15H2,1,3-4H3,(H,24,25,29). The summed E-state index contributed by atoms with van der Waals surface area (Å²) in [6.07, 6.45) is 4.85. The lowest BCUT2D eigenvalue weighted by Crippen LogP contribution is -2.14. The van der Waals surface area contributed by atoms with E-state index in [1.54, 1.807) is 0 Å². The third-order valence-corrected chi connectivity index (χ3v) is 6.53. The highest BCUT2D eigenvalue weighted by molar-refractivity contribution is 7.99. The van der Waals surface area contributed by atoms with Gasteiger partial charge in [-0.1, -0.05) is 31.2 Å². The summed E-state index contributed by atoms with van der Waals surface area (Å²) in [5.41, 5.74) is 1.86. The summed E-state index contributed by atoms with van der Waals surface area (Å²) in [5, 5.41) is 12.8. The second-order valence-corrected chi connectivity index (χ2v) is 9.27. The van der Waals surface area contributed by atoms with Gasteiger partial charge in [-0.3, -0.25) is 4.79 Å². The molecular weight excluding hydrogens is 442 g/mol. The quantitative estimate of drug-likeness (QED) is 0.283. The van der Waals surface area contributed by atoms with E-state index in [1.807, 2.05) is 48.8 Å². The molecule has 32 heavy (non-hydrogen) atoms. The Balaban J connectivity index is 1.62. The Morgan fingerprint density at radius 1 is 1.28 bits per heavy atom. The molecule has 0 saturated heterocycles. The smallest absolute Gasteiger partial charge is 0.236 e. The van der Waals surface area contributed by atoms with Crippen LogP contribution in [0.3, 0.4) is 0 Å². The van der Waals surface area contributed by atoms with Gasteiger partial charge in [-0.2, -0.15) is 0 Å². The molecule has 0 aliphatic carbocycles. The molecule has 0 unspecified atom stereocenters. The molecule has 0 fully saturated rings. The Morgan fingerprint density at radius 3 is 2.75 bits per heavy atom. The average Bonchev–Trinajstić information content (AvgIpc) is 3.34. The summed E-state index contributed by atoms with van der Waals surface area (Å²) >= 11 is 2.84. The first-order chi connectivity index (χ1) is 15.5. The summed E-state index contributed by atoms with van der Waals surface area (Å²) in [7, 11) is 0. The molecule has 0 aliphatic rings. The lowest BCUT2D eigenvalue weighted by Gasteiger charge is -2.07.